The zero-order chi connectivity index (χ0) is 23.8. The quantitative estimate of drug-likeness (QED) is 0.558. The zero-order valence-electron chi connectivity index (χ0n) is 17.7. The van der Waals surface area contributed by atoms with E-state index in [1.54, 1.807) is 31.2 Å². The molecule has 4 rings (SSSR count). The van der Waals surface area contributed by atoms with Crippen LogP contribution in [0.25, 0.3) is 11.1 Å². The fourth-order valence-electron chi connectivity index (χ4n) is 3.77. The molecule has 3 aromatic rings. The molecule has 1 N–H and O–H groups in total. The number of carbonyl (C=O) groups is 1. The van der Waals surface area contributed by atoms with Gasteiger partial charge in [-0.25, -0.2) is 17.2 Å². The van der Waals surface area contributed by atoms with Crippen LogP contribution < -0.4 is 9.04 Å². The van der Waals surface area contributed by atoms with Gasteiger partial charge < -0.3 is 9.84 Å². The third-order valence-corrected chi connectivity index (χ3v) is 7.17. The summed E-state index contributed by atoms with van der Waals surface area (Å²) in [7, 11) is -4.03. The van der Waals surface area contributed by atoms with E-state index in [2.05, 4.69) is 0 Å². The number of aliphatic carboxylic acids is 1. The second-order valence-electron chi connectivity index (χ2n) is 7.83. The predicted molar refractivity (Wildman–Crippen MR) is 119 cm³/mol. The minimum atomic E-state index is -4.03. The molecule has 0 unspecified atom stereocenters. The lowest BCUT2D eigenvalue weighted by molar-refractivity contribution is -0.137. The highest BCUT2D eigenvalue weighted by atomic mass is 32.2. The molecule has 1 aliphatic rings. The molecule has 0 aliphatic carbocycles. The van der Waals surface area contributed by atoms with E-state index in [-0.39, 0.29) is 41.3 Å². The lowest BCUT2D eigenvalue weighted by Crippen LogP contribution is -2.43. The van der Waals surface area contributed by atoms with E-state index in [0.29, 0.717) is 5.56 Å². The van der Waals surface area contributed by atoms with Gasteiger partial charge in [0.05, 0.1) is 17.1 Å². The van der Waals surface area contributed by atoms with E-state index in [4.69, 9.17) is 9.84 Å². The molecule has 0 amide bonds. The number of carboxylic acids is 1. The molecule has 0 bridgehead atoms. The van der Waals surface area contributed by atoms with Crippen LogP contribution in [-0.4, -0.2) is 32.1 Å². The van der Waals surface area contributed by atoms with Gasteiger partial charge in [-0.1, -0.05) is 18.2 Å². The third kappa shape index (κ3) is 4.68. The summed E-state index contributed by atoms with van der Waals surface area (Å²) in [5, 5.41) is 9.03. The average molecular weight is 473 g/mol. The number of sulfonamides is 1. The van der Waals surface area contributed by atoms with Crippen molar-refractivity contribution in [3.05, 3.63) is 77.9 Å². The number of anilines is 1. The Kier molecular flexibility index (Phi) is 6.07. The lowest BCUT2D eigenvalue weighted by Gasteiger charge is -2.35. The summed E-state index contributed by atoms with van der Waals surface area (Å²) in [6.07, 6.45) is -0.748. The van der Waals surface area contributed by atoms with Gasteiger partial charge in [0.25, 0.3) is 10.0 Å². The van der Waals surface area contributed by atoms with E-state index in [1.165, 1.54) is 24.3 Å². The van der Waals surface area contributed by atoms with Gasteiger partial charge in [0.2, 0.25) is 0 Å². The second-order valence-corrected chi connectivity index (χ2v) is 9.69. The summed E-state index contributed by atoms with van der Waals surface area (Å²) >= 11 is 0. The molecule has 0 spiro atoms. The van der Waals surface area contributed by atoms with E-state index in [1.807, 2.05) is 0 Å². The van der Waals surface area contributed by atoms with Gasteiger partial charge in [0, 0.05) is 18.1 Å². The van der Waals surface area contributed by atoms with Gasteiger partial charge in [-0.05, 0) is 60.9 Å². The number of halogens is 2. The van der Waals surface area contributed by atoms with Crippen molar-refractivity contribution in [2.75, 3.05) is 10.8 Å². The van der Waals surface area contributed by atoms with Crippen molar-refractivity contribution in [2.24, 2.45) is 0 Å². The molecule has 0 saturated carbocycles. The van der Waals surface area contributed by atoms with Gasteiger partial charge in [0.15, 0.2) is 0 Å². The Morgan fingerprint density at radius 1 is 1.12 bits per heavy atom. The van der Waals surface area contributed by atoms with Crippen LogP contribution in [0.5, 0.6) is 5.75 Å². The monoisotopic (exact) mass is 473 g/mol. The van der Waals surface area contributed by atoms with Gasteiger partial charge in [-0.15, -0.1) is 0 Å². The van der Waals surface area contributed by atoms with Gasteiger partial charge in [-0.3, -0.25) is 9.10 Å². The molecule has 6 nitrogen and oxygen atoms in total. The number of aryl methyl sites for hydroxylation is 1. The Bertz CT molecular complexity index is 1330. The molecule has 9 heteroatoms. The summed E-state index contributed by atoms with van der Waals surface area (Å²) in [6, 6.07) is 14.1. The Balaban J connectivity index is 1.81. The van der Waals surface area contributed by atoms with Crippen LogP contribution in [-0.2, 0) is 14.8 Å². The zero-order valence-corrected chi connectivity index (χ0v) is 18.5. The molecular weight excluding hydrogens is 452 g/mol. The standard InChI is InChI=1S/C24H21F2NO5S/c1-15-3-2-4-19(11-15)33(30,31)27-14-18(7-10-24(28)29)32-23-9-5-16(12-22(23)27)20-8-6-17(25)13-21(20)26/h2-6,8-9,11-13,18H,7,10,14H2,1H3,(H,28,29)/t18-/m0/s1. The van der Waals surface area contributed by atoms with Crippen LogP contribution in [0.3, 0.4) is 0 Å². The molecule has 0 radical (unpaired) electrons. The van der Waals surface area contributed by atoms with Gasteiger partial charge in [-0.2, -0.15) is 0 Å². The van der Waals surface area contributed by atoms with Crippen molar-refractivity contribution < 1.29 is 31.8 Å². The summed E-state index contributed by atoms with van der Waals surface area (Å²) in [6.45, 7) is 1.67. The SMILES string of the molecule is Cc1cccc(S(=O)(=O)N2C[C@H](CCC(=O)O)Oc3ccc(-c4ccc(F)cc4F)cc32)c1. The maximum Gasteiger partial charge on any atom is 0.303 e. The molecule has 0 fully saturated rings. The molecule has 1 heterocycles. The Labute approximate surface area is 190 Å². The highest BCUT2D eigenvalue weighted by molar-refractivity contribution is 7.92. The van der Waals surface area contributed by atoms with E-state index < -0.39 is 33.7 Å². The summed E-state index contributed by atoms with van der Waals surface area (Å²) in [5.41, 5.74) is 1.42. The third-order valence-electron chi connectivity index (χ3n) is 5.39. The van der Waals surface area contributed by atoms with Crippen molar-refractivity contribution in [3.63, 3.8) is 0 Å². The highest BCUT2D eigenvalue weighted by Gasteiger charge is 2.35. The molecule has 0 saturated heterocycles. The first-order chi connectivity index (χ1) is 15.6. The molecule has 3 aromatic carbocycles. The van der Waals surface area contributed by atoms with Crippen LogP contribution in [0.4, 0.5) is 14.5 Å². The summed E-state index contributed by atoms with van der Waals surface area (Å²) in [5.74, 6) is -2.28. The number of hydrogen-bond acceptors (Lipinski definition) is 4. The van der Waals surface area contributed by atoms with E-state index in [9.17, 15) is 22.0 Å². The first-order valence-electron chi connectivity index (χ1n) is 10.2. The van der Waals surface area contributed by atoms with Gasteiger partial charge >= 0.3 is 5.97 Å². The first-order valence-corrected chi connectivity index (χ1v) is 11.7. The van der Waals surface area contributed by atoms with Crippen molar-refractivity contribution in [3.8, 4) is 16.9 Å². The van der Waals surface area contributed by atoms with E-state index in [0.717, 1.165) is 22.0 Å². The van der Waals surface area contributed by atoms with Crippen molar-refractivity contribution in [2.45, 2.75) is 30.8 Å². The smallest absolute Gasteiger partial charge is 0.303 e. The predicted octanol–water partition coefficient (Wildman–Crippen LogP) is 4.76. The van der Waals surface area contributed by atoms with Crippen molar-refractivity contribution in [1.82, 2.24) is 0 Å². The topological polar surface area (TPSA) is 83.9 Å². The Morgan fingerprint density at radius 2 is 1.91 bits per heavy atom. The van der Waals surface area contributed by atoms with Gasteiger partial charge in [0.1, 0.15) is 23.5 Å². The number of nitrogens with zero attached hydrogens (tertiary/aromatic N) is 1. The van der Waals surface area contributed by atoms with Crippen LogP contribution in [0.1, 0.15) is 18.4 Å². The summed E-state index contributed by atoms with van der Waals surface area (Å²) < 4.78 is 61.9. The fourth-order valence-corrected chi connectivity index (χ4v) is 5.37. The molecule has 33 heavy (non-hydrogen) atoms. The average Bonchev–Trinajstić information content (AvgIpc) is 2.77. The largest absolute Gasteiger partial charge is 0.486 e. The molecule has 0 aromatic heterocycles. The number of ether oxygens (including phenoxy) is 1. The molecule has 1 aliphatic heterocycles. The van der Waals surface area contributed by atoms with Crippen molar-refractivity contribution >= 4 is 21.7 Å². The van der Waals surface area contributed by atoms with E-state index >= 15 is 0 Å². The number of benzene rings is 3. The number of fused-ring (bicyclic) bond motifs is 1. The Morgan fingerprint density at radius 3 is 2.61 bits per heavy atom. The maximum atomic E-state index is 14.4. The highest BCUT2D eigenvalue weighted by Crippen LogP contribution is 2.41. The van der Waals surface area contributed by atoms with Crippen LogP contribution in [0, 0.1) is 18.6 Å². The second kappa shape index (κ2) is 8.82. The fraction of sp³-hybridized carbons (Fsp3) is 0.208. The molecular formula is C24H21F2NO5S. The Hall–Kier alpha value is -3.46. The number of rotatable bonds is 6. The number of hydrogen-bond donors (Lipinski definition) is 1. The van der Waals surface area contributed by atoms with Crippen LogP contribution in [0.15, 0.2) is 65.6 Å². The molecule has 1 atom stereocenters. The normalized spacial score (nSPS) is 15.6. The molecule has 172 valence electrons. The number of carboxylic acid groups (broad SMARTS) is 1. The van der Waals surface area contributed by atoms with Crippen molar-refractivity contribution in [1.29, 1.82) is 0 Å². The lowest BCUT2D eigenvalue weighted by atomic mass is 10.0. The summed E-state index contributed by atoms with van der Waals surface area (Å²) in [4.78, 5) is 11.1. The maximum absolute atomic E-state index is 14.4. The minimum Gasteiger partial charge on any atom is -0.486 e. The van der Waals surface area contributed by atoms with Crippen LogP contribution in [0.2, 0.25) is 0 Å². The minimum absolute atomic E-state index is 0.0747. The van der Waals surface area contributed by atoms with Crippen LogP contribution >= 0.6 is 0 Å². The first kappa shape index (κ1) is 22.7.